The van der Waals surface area contributed by atoms with Crippen LogP contribution < -0.4 is 4.74 Å². The standard InChI is InChI=1S/C51H45N3O/c1-30-44(55-33-20-22-36-35-15-10-11-17-42(35)54(43(36)26-33)45-18-12-13-23-52-45)27-41-48-46(30)39-25-32(51(5,6)7)19-21-38(39)47(48)37-16-9-8-14-34(37)40-24-31(28-50(2,3)4)29-53-49(40)41/h8-27,29,47H,28H2,1-7H3/i1D3,28D2. The zero-order valence-corrected chi connectivity index (χ0v) is 32.0. The molecule has 0 amide bonds. The number of fused-ring (bicyclic) bond motifs is 11. The predicted octanol–water partition coefficient (Wildman–Crippen LogP) is 13.4. The summed E-state index contributed by atoms with van der Waals surface area (Å²) in [4.78, 5) is 9.83. The smallest absolute Gasteiger partial charge is 0.137 e. The highest BCUT2D eigenvalue weighted by Gasteiger charge is 2.40. The first-order chi connectivity index (χ1) is 28.4. The van der Waals surface area contributed by atoms with Crippen LogP contribution >= 0.6 is 0 Å². The van der Waals surface area contributed by atoms with Gasteiger partial charge in [-0.1, -0.05) is 108 Å². The first-order valence-corrected chi connectivity index (χ1v) is 19.0. The van der Waals surface area contributed by atoms with Crippen LogP contribution in [0.5, 0.6) is 11.5 Å². The van der Waals surface area contributed by atoms with Gasteiger partial charge in [0.2, 0.25) is 0 Å². The van der Waals surface area contributed by atoms with Gasteiger partial charge in [0.15, 0.2) is 0 Å². The van der Waals surface area contributed by atoms with Gasteiger partial charge in [-0.15, -0.1) is 0 Å². The van der Waals surface area contributed by atoms with E-state index in [4.69, 9.17) is 14.7 Å². The number of nitrogens with zero attached hydrogens (tertiary/aromatic N) is 3. The zero-order valence-electron chi connectivity index (χ0n) is 37.0. The van der Waals surface area contributed by atoms with E-state index in [0.29, 0.717) is 22.6 Å². The number of hydrogen-bond acceptors (Lipinski definition) is 3. The molecule has 8 aromatic rings. The van der Waals surface area contributed by atoms with Crippen molar-refractivity contribution in [3.63, 3.8) is 0 Å². The van der Waals surface area contributed by atoms with Crippen molar-refractivity contribution < 1.29 is 11.6 Å². The molecule has 2 aliphatic rings. The minimum absolute atomic E-state index is 0.156. The topological polar surface area (TPSA) is 39.9 Å². The molecular weight excluding hydrogens is 671 g/mol. The van der Waals surface area contributed by atoms with Gasteiger partial charge in [-0.05, 0) is 117 Å². The number of ether oxygens (including phenoxy) is 1. The second-order valence-corrected chi connectivity index (χ2v) is 17.0. The van der Waals surface area contributed by atoms with Gasteiger partial charge < -0.3 is 4.74 Å². The molecule has 0 saturated heterocycles. The molecule has 0 bridgehead atoms. The van der Waals surface area contributed by atoms with Gasteiger partial charge in [0.25, 0.3) is 0 Å². The van der Waals surface area contributed by atoms with E-state index < -0.39 is 18.6 Å². The maximum Gasteiger partial charge on any atom is 0.137 e. The molecule has 4 nitrogen and oxygen atoms in total. The average Bonchev–Trinajstić information content (AvgIpc) is 3.67. The van der Waals surface area contributed by atoms with E-state index >= 15 is 0 Å². The van der Waals surface area contributed by atoms with Gasteiger partial charge in [0, 0.05) is 53.1 Å². The van der Waals surface area contributed by atoms with Gasteiger partial charge in [-0.25, -0.2) is 4.98 Å². The minimum atomic E-state index is -2.56. The van der Waals surface area contributed by atoms with Gasteiger partial charge in [0.05, 0.1) is 16.7 Å². The molecule has 0 N–H and O–H groups in total. The first kappa shape index (κ1) is 28.4. The van der Waals surface area contributed by atoms with Crippen molar-refractivity contribution in [2.24, 2.45) is 5.41 Å². The van der Waals surface area contributed by atoms with E-state index in [1.165, 1.54) is 0 Å². The molecule has 0 fully saturated rings. The van der Waals surface area contributed by atoms with Gasteiger partial charge in [0.1, 0.15) is 17.3 Å². The fourth-order valence-corrected chi connectivity index (χ4v) is 8.75. The Kier molecular flexibility index (Phi) is 6.21. The van der Waals surface area contributed by atoms with E-state index in [9.17, 15) is 6.85 Å². The molecule has 0 saturated carbocycles. The summed E-state index contributed by atoms with van der Waals surface area (Å²) < 4.78 is 55.1. The van der Waals surface area contributed by atoms with E-state index in [0.717, 1.165) is 72.1 Å². The Morgan fingerprint density at radius 2 is 1.49 bits per heavy atom. The maximum absolute atomic E-state index is 9.23. The van der Waals surface area contributed by atoms with Crippen molar-refractivity contribution >= 4 is 21.8 Å². The molecule has 2 aliphatic carbocycles. The molecule has 3 aromatic heterocycles. The minimum Gasteiger partial charge on any atom is -0.457 e. The summed E-state index contributed by atoms with van der Waals surface area (Å²) in [5.74, 6) is 1.17. The van der Waals surface area contributed by atoms with Gasteiger partial charge >= 0.3 is 0 Å². The molecule has 10 rings (SSSR count). The second-order valence-electron chi connectivity index (χ2n) is 17.0. The number of rotatable bonds is 4. The van der Waals surface area contributed by atoms with Crippen LogP contribution in [0.3, 0.4) is 0 Å². The van der Waals surface area contributed by atoms with E-state index in [2.05, 4.69) is 67.8 Å². The van der Waals surface area contributed by atoms with Crippen LogP contribution in [0.15, 0.2) is 128 Å². The van der Waals surface area contributed by atoms with E-state index in [1.807, 2.05) is 93.6 Å². The third-order valence-corrected chi connectivity index (χ3v) is 11.1. The number of benzene rings is 5. The molecule has 1 unspecified atom stereocenters. The van der Waals surface area contributed by atoms with Crippen molar-refractivity contribution in [2.45, 2.75) is 66.1 Å². The first-order valence-electron chi connectivity index (χ1n) is 21.5. The molecule has 0 radical (unpaired) electrons. The summed E-state index contributed by atoms with van der Waals surface area (Å²) in [6.45, 7) is 9.65. The summed E-state index contributed by atoms with van der Waals surface area (Å²) in [6.07, 6.45) is 1.74. The van der Waals surface area contributed by atoms with Crippen LogP contribution in [0.2, 0.25) is 0 Å². The predicted molar refractivity (Wildman–Crippen MR) is 227 cm³/mol. The van der Waals surface area contributed by atoms with Crippen molar-refractivity contribution in [3.8, 4) is 50.8 Å². The molecule has 270 valence electrons. The third-order valence-electron chi connectivity index (χ3n) is 11.1. The Balaban J connectivity index is 1.28. The average molecular weight is 721 g/mol. The number of para-hydroxylation sites is 1. The normalized spacial score (nSPS) is 16.2. The van der Waals surface area contributed by atoms with E-state index in [1.54, 1.807) is 12.4 Å². The lowest BCUT2D eigenvalue weighted by molar-refractivity contribution is 0.411. The van der Waals surface area contributed by atoms with Gasteiger partial charge in [-0.2, -0.15) is 0 Å². The lowest BCUT2D eigenvalue weighted by atomic mass is 9.82. The monoisotopic (exact) mass is 720 g/mol. The third kappa shape index (κ3) is 5.33. The Hall–Kier alpha value is -6.00. The van der Waals surface area contributed by atoms with Crippen LogP contribution in [0.1, 0.15) is 87.7 Å². The van der Waals surface area contributed by atoms with Gasteiger partial charge in [-0.3, -0.25) is 9.55 Å². The highest BCUT2D eigenvalue weighted by Crippen LogP contribution is 2.59. The Labute approximate surface area is 330 Å². The summed E-state index contributed by atoms with van der Waals surface area (Å²) >= 11 is 0. The van der Waals surface area contributed by atoms with E-state index in [-0.39, 0.29) is 22.6 Å². The molecule has 0 spiro atoms. The van der Waals surface area contributed by atoms with Crippen LogP contribution in [0.25, 0.3) is 61.1 Å². The maximum atomic E-state index is 9.23. The lowest BCUT2D eigenvalue weighted by Gasteiger charge is -2.22. The largest absolute Gasteiger partial charge is 0.457 e. The van der Waals surface area contributed by atoms with Crippen molar-refractivity contribution in [2.75, 3.05) is 0 Å². The highest BCUT2D eigenvalue weighted by molar-refractivity contribution is 6.09. The number of pyridine rings is 2. The van der Waals surface area contributed by atoms with Crippen LogP contribution in [0, 0.1) is 12.3 Å². The number of aromatic nitrogens is 3. The fraction of sp³-hybridized carbons (Fsp3) is 0.216. The van der Waals surface area contributed by atoms with Crippen molar-refractivity contribution in [1.29, 1.82) is 0 Å². The molecule has 3 heterocycles. The van der Waals surface area contributed by atoms with Crippen LogP contribution in [-0.4, -0.2) is 14.5 Å². The molecule has 1 atom stereocenters. The molecule has 5 aromatic carbocycles. The quantitative estimate of drug-likeness (QED) is 0.182. The Morgan fingerprint density at radius 3 is 2.29 bits per heavy atom. The summed E-state index contributed by atoms with van der Waals surface area (Å²) in [5.41, 5.74) is 10.3. The summed E-state index contributed by atoms with van der Waals surface area (Å²) in [7, 11) is 0. The molecule has 55 heavy (non-hydrogen) atoms. The zero-order chi connectivity index (χ0) is 42.1. The second kappa shape index (κ2) is 12.0. The SMILES string of the molecule is [2H]C([2H])([2H])c1c(Oc2ccc3c4ccccc4n(-c4ccccn4)c3c2)cc2c3c1-c1cc(C(C)(C)C)ccc1C3c1ccccc1-c1cc(C([2H])([2H])C(C)(C)C)cnc1-2. The van der Waals surface area contributed by atoms with Crippen molar-refractivity contribution in [1.82, 2.24) is 14.5 Å². The Bertz CT molecular complexity index is 3060. The summed E-state index contributed by atoms with van der Waals surface area (Å²) in [5, 5.41) is 2.09. The van der Waals surface area contributed by atoms with Crippen LogP contribution in [0.4, 0.5) is 0 Å². The molecular formula is C51H45N3O. The summed E-state index contributed by atoms with van der Waals surface area (Å²) in [6, 6.07) is 38.5. The number of hydrogen-bond donors (Lipinski definition) is 0. The fourth-order valence-electron chi connectivity index (χ4n) is 8.75. The Morgan fingerprint density at radius 1 is 0.709 bits per heavy atom. The molecule has 4 heteroatoms. The lowest BCUT2D eigenvalue weighted by Crippen LogP contribution is -2.11. The van der Waals surface area contributed by atoms with Crippen molar-refractivity contribution in [3.05, 3.63) is 161 Å². The molecule has 0 aliphatic heterocycles. The van der Waals surface area contributed by atoms with Crippen LogP contribution in [-0.2, 0) is 11.8 Å². The highest BCUT2D eigenvalue weighted by atomic mass is 16.5.